The molecule has 0 saturated carbocycles. The summed E-state index contributed by atoms with van der Waals surface area (Å²) in [4.78, 5) is 12.3. The van der Waals surface area contributed by atoms with Crippen molar-refractivity contribution in [2.45, 2.75) is 11.8 Å². The second kappa shape index (κ2) is 6.49. The number of hydrogen-bond donors (Lipinski definition) is 2. The number of halogens is 1. The molecule has 3 N–H and O–H groups in total. The van der Waals surface area contributed by atoms with E-state index in [1.54, 1.807) is 18.2 Å². The van der Waals surface area contributed by atoms with Crippen LogP contribution in [0, 0.1) is 12.7 Å². The van der Waals surface area contributed by atoms with Gasteiger partial charge in [-0.25, -0.2) is 4.39 Å². The molecule has 110 valence electrons. The molecule has 2 rings (SSSR count). The summed E-state index contributed by atoms with van der Waals surface area (Å²) in [5.41, 5.74) is 7.81. The van der Waals surface area contributed by atoms with Gasteiger partial charge in [0.25, 0.3) is 0 Å². The van der Waals surface area contributed by atoms with Gasteiger partial charge < -0.3 is 11.1 Å². The molecule has 0 bridgehead atoms. The van der Waals surface area contributed by atoms with Crippen molar-refractivity contribution in [2.75, 3.05) is 16.8 Å². The van der Waals surface area contributed by atoms with Crippen LogP contribution in [0.15, 0.2) is 47.4 Å². The first kappa shape index (κ1) is 15.2. The third-order valence-electron chi connectivity index (χ3n) is 2.90. The van der Waals surface area contributed by atoms with Crippen LogP contribution in [-0.2, 0) is 15.6 Å². The minimum Gasteiger partial charge on any atom is -0.398 e. The number of hydrogen-bond acceptors (Lipinski definition) is 3. The first-order chi connectivity index (χ1) is 9.95. The maximum absolute atomic E-state index is 12.8. The lowest BCUT2D eigenvalue weighted by Gasteiger charge is -2.07. The number of nitrogen functional groups attached to an aromatic ring is 1. The third kappa shape index (κ3) is 4.13. The van der Waals surface area contributed by atoms with Crippen LogP contribution in [0.5, 0.6) is 0 Å². The number of rotatable bonds is 4. The molecule has 0 radical (unpaired) electrons. The Balaban J connectivity index is 1.99. The van der Waals surface area contributed by atoms with Crippen LogP contribution in [0.4, 0.5) is 15.8 Å². The maximum Gasteiger partial charge on any atom is 0.237 e. The second-order valence-electron chi connectivity index (χ2n) is 4.56. The summed E-state index contributed by atoms with van der Waals surface area (Å²) >= 11 is 0. The van der Waals surface area contributed by atoms with Gasteiger partial charge in [0.15, 0.2) is 0 Å². The summed E-state index contributed by atoms with van der Waals surface area (Å²) < 4.78 is 24.8. The molecule has 0 fully saturated rings. The fourth-order valence-corrected chi connectivity index (χ4v) is 2.62. The van der Waals surface area contributed by atoms with Crippen LogP contribution >= 0.6 is 0 Å². The number of nitrogens with two attached hydrogens (primary N) is 1. The predicted octanol–water partition coefficient (Wildman–Crippen LogP) is 2.46. The molecule has 1 unspecified atom stereocenters. The van der Waals surface area contributed by atoms with Gasteiger partial charge in [0.2, 0.25) is 5.91 Å². The van der Waals surface area contributed by atoms with Crippen LogP contribution in [0.25, 0.3) is 0 Å². The van der Waals surface area contributed by atoms with E-state index < -0.39 is 16.6 Å². The summed E-state index contributed by atoms with van der Waals surface area (Å²) in [5.74, 6) is -0.990. The van der Waals surface area contributed by atoms with Gasteiger partial charge in [-0.2, -0.15) is 0 Å². The Morgan fingerprint density at radius 1 is 1.24 bits per heavy atom. The van der Waals surface area contributed by atoms with Crippen molar-refractivity contribution in [1.82, 2.24) is 0 Å². The van der Waals surface area contributed by atoms with E-state index in [0.29, 0.717) is 16.3 Å². The maximum atomic E-state index is 12.8. The molecular weight excluding hydrogens is 291 g/mol. The molecule has 2 aromatic carbocycles. The zero-order valence-electron chi connectivity index (χ0n) is 11.4. The van der Waals surface area contributed by atoms with Crippen LogP contribution in [0.1, 0.15) is 5.56 Å². The molecule has 4 nitrogen and oxygen atoms in total. The molecule has 1 atom stereocenters. The Bertz CT molecular complexity index is 687. The van der Waals surface area contributed by atoms with E-state index >= 15 is 0 Å². The highest BCUT2D eigenvalue weighted by molar-refractivity contribution is 7.85. The Morgan fingerprint density at radius 3 is 2.52 bits per heavy atom. The topological polar surface area (TPSA) is 72.2 Å². The Morgan fingerprint density at radius 2 is 1.90 bits per heavy atom. The monoisotopic (exact) mass is 306 g/mol. The van der Waals surface area contributed by atoms with Crippen LogP contribution < -0.4 is 11.1 Å². The van der Waals surface area contributed by atoms with Gasteiger partial charge in [0.05, 0.1) is 10.8 Å². The van der Waals surface area contributed by atoms with Crippen molar-refractivity contribution < 1.29 is 13.4 Å². The SMILES string of the molecule is Cc1ccc(NC(=O)CS(=O)c2ccc(F)cc2)cc1N. The van der Waals surface area contributed by atoms with Gasteiger partial charge in [-0.1, -0.05) is 6.07 Å². The van der Waals surface area contributed by atoms with E-state index in [1.165, 1.54) is 24.3 Å². The standard InChI is InChI=1S/C15H15FN2O2S/c1-10-2-5-12(8-14(10)17)18-15(19)9-21(20)13-6-3-11(16)4-7-13/h2-8H,9,17H2,1H3,(H,18,19). The van der Waals surface area contributed by atoms with Crippen LogP contribution in [0.3, 0.4) is 0 Å². The lowest BCUT2D eigenvalue weighted by molar-refractivity contribution is -0.113. The number of amides is 1. The number of carbonyl (C=O) groups excluding carboxylic acids is 1. The highest BCUT2D eigenvalue weighted by atomic mass is 32.2. The zero-order chi connectivity index (χ0) is 15.4. The highest BCUT2D eigenvalue weighted by Gasteiger charge is 2.11. The Labute approximate surface area is 124 Å². The largest absolute Gasteiger partial charge is 0.398 e. The summed E-state index contributed by atoms with van der Waals surface area (Å²) in [6.07, 6.45) is 0. The number of nitrogens with one attached hydrogen (secondary N) is 1. The van der Waals surface area contributed by atoms with Gasteiger partial charge in [-0.05, 0) is 48.9 Å². The van der Waals surface area contributed by atoms with Gasteiger partial charge in [0, 0.05) is 16.3 Å². The third-order valence-corrected chi connectivity index (χ3v) is 4.22. The van der Waals surface area contributed by atoms with E-state index in [-0.39, 0.29) is 11.7 Å². The molecule has 6 heteroatoms. The van der Waals surface area contributed by atoms with Gasteiger partial charge in [-0.3, -0.25) is 9.00 Å². The molecule has 0 heterocycles. The first-order valence-electron chi connectivity index (χ1n) is 6.25. The van der Waals surface area contributed by atoms with Gasteiger partial charge >= 0.3 is 0 Å². The zero-order valence-corrected chi connectivity index (χ0v) is 12.2. The van der Waals surface area contributed by atoms with E-state index in [2.05, 4.69) is 5.32 Å². The van der Waals surface area contributed by atoms with Gasteiger partial charge in [0.1, 0.15) is 11.6 Å². The quantitative estimate of drug-likeness (QED) is 0.852. The van der Waals surface area contributed by atoms with E-state index in [9.17, 15) is 13.4 Å². The van der Waals surface area contributed by atoms with Crippen LogP contribution in [0.2, 0.25) is 0 Å². The van der Waals surface area contributed by atoms with Crippen LogP contribution in [-0.4, -0.2) is 15.9 Å². The molecule has 0 aliphatic carbocycles. The molecule has 0 aromatic heterocycles. The fourth-order valence-electron chi connectivity index (χ4n) is 1.70. The summed E-state index contributed by atoms with van der Waals surface area (Å²) in [7, 11) is -1.52. The average molecular weight is 306 g/mol. The van der Waals surface area contributed by atoms with Gasteiger partial charge in [-0.15, -0.1) is 0 Å². The number of aryl methyl sites for hydroxylation is 1. The van der Waals surface area contributed by atoms with E-state index in [0.717, 1.165) is 5.56 Å². The minimum atomic E-state index is -1.52. The normalized spacial score (nSPS) is 11.9. The fraction of sp³-hybridized carbons (Fsp3) is 0.133. The minimum absolute atomic E-state index is 0.195. The first-order valence-corrected chi connectivity index (χ1v) is 7.57. The molecule has 1 amide bonds. The molecule has 0 aliphatic rings. The summed E-state index contributed by atoms with van der Waals surface area (Å²) in [6, 6.07) is 10.4. The lowest BCUT2D eigenvalue weighted by atomic mass is 10.2. The molecule has 0 aliphatic heterocycles. The Hall–Kier alpha value is -2.21. The molecular formula is C15H15FN2O2S. The lowest BCUT2D eigenvalue weighted by Crippen LogP contribution is -2.19. The molecule has 0 spiro atoms. The summed E-state index contributed by atoms with van der Waals surface area (Å²) in [6.45, 7) is 1.87. The number of carbonyl (C=O) groups is 1. The van der Waals surface area contributed by atoms with Crippen molar-refractivity contribution >= 4 is 28.1 Å². The average Bonchev–Trinajstić information content (AvgIpc) is 2.43. The van der Waals surface area contributed by atoms with E-state index in [4.69, 9.17) is 5.73 Å². The molecule has 21 heavy (non-hydrogen) atoms. The van der Waals surface area contributed by atoms with Crippen molar-refractivity contribution in [2.24, 2.45) is 0 Å². The Kier molecular flexibility index (Phi) is 4.70. The van der Waals surface area contributed by atoms with Crippen molar-refractivity contribution in [3.8, 4) is 0 Å². The van der Waals surface area contributed by atoms with Crippen molar-refractivity contribution in [1.29, 1.82) is 0 Å². The second-order valence-corrected chi connectivity index (χ2v) is 6.01. The van der Waals surface area contributed by atoms with E-state index in [1.807, 2.05) is 6.92 Å². The molecule has 2 aromatic rings. The smallest absolute Gasteiger partial charge is 0.237 e. The highest BCUT2D eigenvalue weighted by Crippen LogP contribution is 2.17. The summed E-state index contributed by atoms with van der Waals surface area (Å²) in [5, 5.41) is 2.64. The number of anilines is 2. The predicted molar refractivity (Wildman–Crippen MR) is 81.9 cm³/mol. The van der Waals surface area contributed by atoms with Crippen molar-refractivity contribution in [3.63, 3.8) is 0 Å². The number of benzene rings is 2. The molecule has 0 saturated heterocycles. The van der Waals surface area contributed by atoms with Crippen molar-refractivity contribution in [3.05, 3.63) is 53.8 Å².